The van der Waals surface area contributed by atoms with Gasteiger partial charge in [-0.15, -0.1) is 0 Å². The number of nitrogens with one attached hydrogen (secondary N) is 1. The minimum atomic E-state index is -0.735. The molecule has 0 saturated carbocycles. The van der Waals surface area contributed by atoms with Gasteiger partial charge in [-0.1, -0.05) is 42.3 Å². The lowest BCUT2D eigenvalue weighted by molar-refractivity contribution is -0.122. The Morgan fingerprint density at radius 3 is 2.72 bits per heavy atom. The van der Waals surface area contributed by atoms with Crippen LogP contribution >= 0.6 is 23.2 Å². The van der Waals surface area contributed by atoms with E-state index in [0.717, 1.165) is 49.3 Å². The van der Waals surface area contributed by atoms with Crippen LogP contribution < -0.4 is 15.8 Å². The molecular weight excluding hydrogens is 504 g/mol. The number of fused-ring (bicyclic) bond motifs is 2. The van der Waals surface area contributed by atoms with Crippen molar-refractivity contribution in [1.29, 1.82) is 0 Å². The predicted molar refractivity (Wildman–Crippen MR) is 139 cm³/mol. The van der Waals surface area contributed by atoms with Gasteiger partial charge in [-0.2, -0.15) is 0 Å². The molecule has 188 valence electrons. The lowest BCUT2D eigenvalue weighted by Crippen LogP contribution is -2.46. The average Bonchev–Trinajstić information content (AvgIpc) is 3.13. The third kappa shape index (κ3) is 4.17. The molecule has 2 aliphatic heterocycles. The van der Waals surface area contributed by atoms with Crippen LogP contribution in [0.4, 0.5) is 15.9 Å². The summed E-state index contributed by atoms with van der Waals surface area (Å²) in [5.41, 5.74) is 8.91. The molecule has 1 saturated heterocycles. The quantitative estimate of drug-likeness (QED) is 0.416. The molecule has 3 heterocycles. The third-order valence-electron chi connectivity index (χ3n) is 7.21. The highest BCUT2D eigenvalue weighted by Gasteiger charge is 2.48. The summed E-state index contributed by atoms with van der Waals surface area (Å²) >= 11 is 12.4. The average molecular weight is 530 g/mol. The Balaban J connectivity index is 1.43. The molecule has 5 rings (SSSR count). The highest BCUT2D eigenvalue weighted by Crippen LogP contribution is 2.46. The normalized spacial score (nSPS) is 17.6. The number of nitrogens with two attached hydrogens (primary N) is 1. The number of halogens is 3. The standard InChI is InChI=1S/C26H26Cl2FN5O2/c1-3-34-10-8-26(9-11-34)16-5-4-15(12-19(16)33-25(26)35)20-13-31-23(30)24(32-20)36-14(2)21-17(27)6-7-18(29)22(21)28/h4-7,12-14H,3,8-11H2,1-2H3,(H2,30,31)(H,33,35)/t14-/m1/s1. The lowest BCUT2D eigenvalue weighted by Gasteiger charge is -2.37. The van der Waals surface area contributed by atoms with Crippen LogP contribution in [0.3, 0.4) is 0 Å². The van der Waals surface area contributed by atoms with Crippen LogP contribution in [0.25, 0.3) is 11.3 Å². The van der Waals surface area contributed by atoms with Crippen molar-refractivity contribution in [2.45, 2.75) is 38.2 Å². The number of anilines is 2. The molecule has 2 aromatic carbocycles. The Labute approximate surface area is 218 Å². The van der Waals surface area contributed by atoms with Crippen LogP contribution in [0.1, 0.15) is 43.9 Å². The molecule has 1 aromatic heterocycles. The molecule has 0 unspecified atom stereocenters. The number of aromatic nitrogens is 2. The molecule has 10 heteroatoms. The van der Waals surface area contributed by atoms with Crippen LogP contribution in [-0.2, 0) is 10.2 Å². The Hall–Kier alpha value is -2.94. The van der Waals surface area contributed by atoms with E-state index in [1.807, 2.05) is 18.2 Å². The number of amides is 1. The molecule has 36 heavy (non-hydrogen) atoms. The minimum Gasteiger partial charge on any atom is -0.467 e. The van der Waals surface area contributed by atoms with Crippen LogP contribution in [-0.4, -0.2) is 40.4 Å². The van der Waals surface area contributed by atoms with E-state index >= 15 is 0 Å². The summed E-state index contributed by atoms with van der Waals surface area (Å²) in [6.45, 7) is 6.59. The van der Waals surface area contributed by atoms with E-state index in [-0.39, 0.29) is 27.7 Å². The Kier molecular flexibility index (Phi) is 6.53. The van der Waals surface area contributed by atoms with Crippen molar-refractivity contribution in [2.24, 2.45) is 0 Å². The number of carbonyl (C=O) groups is 1. The van der Waals surface area contributed by atoms with Gasteiger partial charge in [-0.25, -0.2) is 14.4 Å². The number of carbonyl (C=O) groups excluding carboxylic acids is 1. The minimum absolute atomic E-state index is 0.0514. The van der Waals surface area contributed by atoms with Crippen molar-refractivity contribution in [3.05, 3.63) is 63.5 Å². The van der Waals surface area contributed by atoms with Gasteiger partial charge in [0.25, 0.3) is 5.88 Å². The summed E-state index contributed by atoms with van der Waals surface area (Å²) in [7, 11) is 0. The number of ether oxygens (including phenoxy) is 1. The molecule has 1 spiro atoms. The van der Waals surface area contributed by atoms with Gasteiger partial charge in [-0.3, -0.25) is 4.79 Å². The highest BCUT2D eigenvalue weighted by atomic mass is 35.5. The summed E-state index contributed by atoms with van der Waals surface area (Å²) in [6.07, 6.45) is 2.40. The summed E-state index contributed by atoms with van der Waals surface area (Å²) in [4.78, 5) is 24.2. The SMILES string of the molecule is CCN1CCC2(CC1)C(=O)Nc1cc(-c3cnc(N)c(O[C@H](C)c4c(Cl)ccc(F)c4Cl)n3)ccc12. The van der Waals surface area contributed by atoms with E-state index < -0.39 is 17.3 Å². The van der Waals surface area contributed by atoms with E-state index in [4.69, 9.17) is 33.7 Å². The molecule has 2 aliphatic rings. The first-order chi connectivity index (χ1) is 17.2. The van der Waals surface area contributed by atoms with Crippen LogP contribution in [0, 0.1) is 5.82 Å². The zero-order valence-corrected chi connectivity index (χ0v) is 21.5. The molecule has 1 fully saturated rings. The van der Waals surface area contributed by atoms with Crippen molar-refractivity contribution >= 4 is 40.6 Å². The summed E-state index contributed by atoms with van der Waals surface area (Å²) in [6, 6.07) is 8.45. The van der Waals surface area contributed by atoms with Gasteiger partial charge in [0, 0.05) is 21.8 Å². The first-order valence-electron chi connectivity index (χ1n) is 11.8. The monoisotopic (exact) mass is 529 g/mol. The van der Waals surface area contributed by atoms with Gasteiger partial charge in [-0.05, 0) is 63.2 Å². The van der Waals surface area contributed by atoms with Gasteiger partial charge in [0.1, 0.15) is 11.9 Å². The van der Waals surface area contributed by atoms with Crippen LogP contribution in [0.2, 0.25) is 10.0 Å². The van der Waals surface area contributed by atoms with Crippen LogP contribution in [0.15, 0.2) is 36.5 Å². The van der Waals surface area contributed by atoms with Crippen molar-refractivity contribution in [3.8, 4) is 17.1 Å². The first-order valence-corrected chi connectivity index (χ1v) is 12.6. The zero-order chi connectivity index (χ0) is 25.6. The zero-order valence-electron chi connectivity index (χ0n) is 19.9. The fourth-order valence-corrected chi connectivity index (χ4v) is 5.76. The largest absolute Gasteiger partial charge is 0.467 e. The number of hydrogen-bond donors (Lipinski definition) is 2. The number of benzene rings is 2. The van der Waals surface area contributed by atoms with Crippen LogP contribution in [0.5, 0.6) is 5.88 Å². The fraction of sp³-hybridized carbons (Fsp3) is 0.346. The van der Waals surface area contributed by atoms with Gasteiger partial charge < -0.3 is 20.7 Å². The summed E-state index contributed by atoms with van der Waals surface area (Å²) < 4.78 is 19.9. The summed E-state index contributed by atoms with van der Waals surface area (Å²) in [5, 5.41) is 3.22. The second kappa shape index (κ2) is 9.50. The second-order valence-electron chi connectivity index (χ2n) is 9.19. The maximum absolute atomic E-state index is 14.0. The molecule has 7 nitrogen and oxygen atoms in total. The van der Waals surface area contributed by atoms with Crippen molar-refractivity contribution in [3.63, 3.8) is 0 Å². The van der Waals surface area contributed by atoms with Crippen molar-refractivity contribution in [2.75, 3.05) is 30.7 Å². The number of nitrogen functional groups attached to an aromatic ring is 1. The topological polar surface area (TPSA) is 93.4 Å². The van der Waals surface area contributed by atoms with E-state index in [2.05, 4.69) is 27.1 Å². The molecule has 1 atom stereocenters. The molecule has 3 aromatic rings. The number of piperidine rings is 1. The smallest absolute Gasteiger partial charge is 0.258 e. The van der Waals surface area contributed by atoms with Gasteiger partial charge in [0.2, 0.25) is 5.91 Å². The number of nitrogens with zero attached hydrogens (tertiary/aromatic N) is 3. The van der Waals surface area contributed by atoms with Gasteiger partial charge in [0.05, 0.1) is 22.3 Å². The molecule has 0 aliphatic carbocycles. The van der Waals surface area contributed by atoms with E-state index in [0.29, 0.717) is 11.3 Å². The number of likely N-dealkylation sites (tertiary alicyclic amines) is 1. The lowest BCUT2D eigenvalue weighted by atomic mass is 9.73. The Morgan fingerprint density at radius 1 is 1.25 bits per heavy atom. The Bertz CT molecular complexity index is 1340. The first kappa shape index (κ1) is 24.7. The second-order valence-corrected chi connectivity index (χ2v) is 9.98. The highest BCUT2D eigenvalue weighted by molar-refractivity contribution is 6.36. The summed E-state index contributed by atoms with van der Waals surface area (Å²) in [5.74, 6) is -0.400. The molecule has 0 bridgehead atoms. The Morgan fingerprint density at radius 2 is 2.00 bits per heavy atom. The van der Waals surface area contributed by atoms with Crippen molar-refractivity contribution in [1.82, 2.24) is 14.9 Å². The molecular formula is C26H26Cl2FN5O2. The van der Waals surface area contributed by atoms with E-state index in [1.54, 1.807) is 13.1 Å². The third-order valence-corrected chi connectivity index (χ3v) is 7.93. The maximum Gasteiger partial charge on any atom is 0.258 e. The van der Waals surface area contributed by atoms with E-state index in [1.165, 1.54) is 12.1 Å². The van der Waals surface area contributed by atoms with E-state index in [9.17, 15) is 9.18 Å². The molecule has 0 radical (unpaired) electrons. The fourth-order valence-electron chi connectivity index (χ4n) is 5.08. The predicted octanol–water partition coefficient (Wildman–Crippen LogP) is 5.62. The number of rotatable bonds is 5. The van der Waals surface area contributed by atoms with Gasteiger partial charge in [0.15, 0.2) is 5.82 Å². The van der Waals surface area contributed by atoms with Crippen molar-refractivity contribution < 1.29 is 13.9 Å². The molecule has 3 N–H and O–H groups in total. The molecule has 1 amide bonds. The van der Waals surface area contributed by atoms with Gasteiger partial charge >= 0.3 is 0 Å². The number of hydrogen-bond acceptors (Lipinski definition) is 6. The maximum atomic E-state index is 14.0.